The van der Waals surface area contributed by atoms with E-state index < -0.39 is 0 Å². The Morgan fingerprint density at radius 1 is 0.842 bits per heavy atom. The van der Waals surface area contributed by atoms with Gasteiger partial charge in [0.2, 0.25) is 0 Å². The van der Waals surface area contributed by atoms with E-state index in [2.05, 4.69) is 22.0 Å². The lowest BCUT2D eigenvalue weighted by atomic mass is 9.92. The van der Waals surface area contributed by atoms with E-state index in [-0.39, 0.29) is 0 Å². The number of nitrogens with zero attached hydrogens (tertiary/aromatic N) is 2. The van der Waals surface area contributed by atoms with Crippen LogP contribution in [-0.2, 0) is 0 Å². The second-order valence-corrected chi connectivity index (χ2v) is 6.78. The van der Waals surface area contributed by atoms with E-state index in [4.69, 9.17) is 0 Å². The molecule has 0 bridgehead atoms. The molecule has 2 aliphatic carbocycles. The second kappa shape index (κ2) is 6.90. The van der Waals surface area contributed by atoms with Gasteiger partial charge in [0, 0.05) is 38.8 Å². The zero-order valence-corrected chi connectivity index (χ0v) is 12.4. The minimum Gasteiger partial charge on any atom is -0.301 e. The molecule has 3 rings (SSSR count). The summed E-state index contributed by atoms with van der Waals surface area (Å²) >= 11 is 0. The Morgan fingerprint density at radius 3 is 2.32 bits per heavy atom. The molecule has 1 saturated carbocycles. The van der Waals surface area contributed by atoms with Gasteiger partial charge in [-0.15, -0.1) is 0 Å². The van der Waals surface area contributed by atoms with Crippen LogP contribution in [0, 0.1) is 5.92 Å². The van der Waals surface area contributed by atoms with E-state index in [1.54, 1.807) is 0 Å². The first-order valence-electron chi connectivity index (χ1n) is 8.53. The van der Waals surface area contributed by atoms with Gasteiger partial charge in [0.25, 0.3) is 0 Å². The predicted octanol–water partition coefficient (Wildman–Crippen LogP) is 3.29. The Labute approximate surface area is 118 Å². The average Bonchev–Trinajstić information content (AvgIpc) is 2.50. The molecule has 0 unspecified atom stereocenters. The van der Waals surface area contributed by atoms with Gasteiger partial charge in [0.05, 0.1) is 0 Å². The Morgan fingerprint density at radius 2 is 1.63 bits per heavy atom. The number of allylic oxidation sites excluding steroid dienone is 2. The van der Waals surface area contributed by atoms with Gasteiger partial charge in [0.15, 0.2) is 0 Å². The zero-order chi connectivity index (χ0) is 12.9. The van der Waals surface area contributed by atoms with Gasteiger partial charge in [-0.2, -0.15) is 0 Å². The summed E-state index contributed by atoms with van der Waals surface area (Å²) < 4.78 is 0. The van der Waals surface area contributed by atoms with Crippen molar-refractivity contribution in [3.63, 3.8) is 0 Å². The normalized spacial score (nSPS) is 31.7. The highest BCUT2D eigenvalue weighted by molar-refractivity contribution is 4.91. The Hall–Kier alpha value is -0.340. The van der Waals surface area contributed by atoms with Gasteiger partial charge in [0.1, 0.15) is 0 Å². The predicted molar refractivity (Wildman–Crippen MR) is 81.4 cm³/mol. The SMILES string of the molecule is C1=CC[C@@H](CN2CCN(C3CCCCC3)CC2)CC1. The van der Waals surface area contributed by atoms with Crippen LogP contribution in [0.1, 0.15) is 51.4 Å². The summed E-state index contributed by atoms with van der Waals surface area (Å²) in [6.07, 6.45) is 16.2. The molecule has 0 aromatic heterocycles. The average molecular weight is 262 g/mol. The number of piperazine rings is 1. The monoisotopic (exact) mass is 262 g/mol. The van der Waals surface area contributed by atoms with Crippen LogP contribution in [0.25, 0.3) is 0 Å². The molecule has 1 heterocycles. The summed E-state index contributed by atoms with van der Waals surface area (Å²) in [4.78, 5) is 5.51. The van der Waals surface area contributed by atoms with Gasteiger partial charge in [-0.25, -0.2) is 0 Å². The topological polar surface area (TPSA) is 6.48 Å². The molecule has 0 aromatic rings. The van der Waals surface area contributed by atoms with Crippen molar-refractivity contribution in [2.75, 3.05) is 32.7 Å². The first kappa shape index (κ1) is 13.6. The van der Waals surface area contributed by atoms with E-state index in [1.807, 2.05) is 0 Å². The third-order valence-corrected chi connectivity index (χ3v) is 5.39. The summed E-state index contributed by atoms with van der Waals surface area (Å²) in [5.41, 5.74) is 0. The standard InChI is InChI=1S/C17H30N2/c1-3-7-16(8-4-1)15-18-11-13-19(14-12-18)17-9-5-2-6-10-17/h1,3,16-17H,2,4-15H2/t16-/m1/s1. The molecule has 108 valence electrons. The molecular formula is C17H30N2. The van der Waals surface area contributed by atoms with Crippen molar-refractivity contribution in [3.8, 4) is 0 Å². The van der Waals surface area contributed by atoms with Crippen molar-refractivity contribution in [2.24, 2.45) is 5.92 Å². The van der Waals surface area contributed by atoms with E-state index in [1.165, 1.54) is 84.1 Å². The Balaban J connectivity index is 1.40. The Bertz CT molecular complexity index is 286. The molecule has 1 atom stereocenters. The summed E-state index contributed by atoms with van der Waals surface area (Å²) in [5, 5.41) is 0. The fourth-order valence-electron chi connectivity index (χ4n) is 4.14. The molecule has 0 spiro atoms. The van der Waals surface area contributed by atoms with Crippen LogP contribution < -0.4 is 0 Å². The van der Waals surface area contributed by atoms with Crippen LogP contribution in [0.15, 0.2) is 12.2 Å². The van der Waals surface area contributed by atoms with Crippen molar-refractivity contribution in [1.82, 2.24) is 9.80 Å². The molecule has 0 aromatic carbocycles. The molecular weight excluding hydrogens is 232 g/mol. The van der Waals surface area contributed by atoms with Crippen LogP contribution in [0.3, 0.4) is 0 Å². The molecule has 3 aliphatic rings. The van der Waals surface area contributed by atoms with Gasteiger partial charge in [-0.3, -0.25) is 4.90 Å². The molecule has 0 amide bonds. The molecule has 2 fully saturated rings. The van der Waals surface area contributed by atoms with Crippen molar-refractivity contribution in [1.29, 1.82) is 0 Å². The van der Waals surface area contributed by atoms with E-state index in [0.29, 0.717) is 0 Å². The lowest BCUT2D eigenvalue weighted by Crippen LogP contribution is -2.51. The highest BCUT2D eigenvalue weighted by atomic mass is 15.3. The number of hydrogen-bond acceptors (Lipinski definition) is 2. The molecule has 1 saturated heterocycles. The second-order valence-electron chi connectivity index (χ2n) is 6.78. The van der Waals surface area contributed by atoms with Crippen molar-refractivity contribution in [2.45, 2.75) is 57.4 Å². The zero-order valence-electron chi connectivity index (χ0n) is 12.4. The summed E-state index contributed by atoms with van der Waals surface area (Å²) in [7, 11) is 0. The largest absolute Gasteiger partial charge is 0.301 e. The van der Waals surface area contributed by atoms with E-state index >= 15 is 0 Å². The van der Waals surface area contributed by atoms with Crippen LogP contribution in [0.2, 0.25) is 0 Å². The summed E-state index contributed by atoms with van der Waals surface area (Å²) in [6.45, 7) is 6.64. The molecule has 0 radical (unpaired) electrons. The van der Waals surface area contributed by atoms with Gasteiger partial charge >= 0.3 is 0 Å². The molecule has 2 heteroatoms. The third-order valence-electron chi connectivity index (χ3n) is 5.39. The van der Waals surface area contributed by atoms with Gasteiger partial charge in [-0.1, -0.05) is 31.4 Å². The fraction of sp³-hybridized carbons (Fsp3) is 0.882. The minimum atomic E-state index is 0.925. The summed E-state index contributed by atoms with van der Waals surface area (Å²) in [6, 6.07) is 0.925. The summed E-state index contributed by atoms with van der Waals surface area (Å²) in [5.74, 6) is 0.936. The highest BCUT2D eigenvalue weighted by Gasteiger charge is 2.26. The van der Waals surface area contributed by atoms with Crippen LogP contribution in [0.4, 0.5) is 0 Å². The number of rotatable bonds is 3. The van der Waals surface area contributed by atoms with Crippen LogP contribution >= 0.6 is 0 Å². The van der Waals surface area contributed by atoms with Crippen LogP contribution in [-0.4, -0.2) is 48.6 Å². The minimum absolute atomic E-state index is 0.925. The lowest BCUT2D eigenvalue weighted by Gasteiger charge is -2.41. The van der Waals surface area contributed by atoms with E-state index in [9.17, 15) is 0 Å². The van der Waals surface area contributed by atoms with Crippen LogP contribution in [0.5, 0.6) is 0 Å². The quantitative estimate of drug-likeness (QED) is 0.720. The maximum absolute atomic E-state index is 2.79. The van der Waals surface area contributed by atoms with Crippen molar-refractivity contribution < 1.29 is 0 Å². The Kier molecular flexibility index (Phi) is 4.95. The number of hydrogen-bond donors (Lipinski definition) is 0. The molecule has 0 N–H and O–H groups in total. The first-order chi connectivity index (χ1) is 9.42. The van der Waals surface area contributed by atoms with Crippen molar-refractivity contribution in [3.05, 3.63) is 12.2 Å². The maximum Gasteiger partial charge on any atom is 0.0113 e. The smallest absolute Gasteiger partial charge is 0.0113 e. The highest BCUT2D eigenvalue weighted by Crippen LogP contribution is 2.24. The maximum atomic E-state index is 2.79. The lowest BCUT2D eigenvalue weighted by molar-refractivity contribution is 0.0700. The fourth-order valence-corrected chi connectivity index (χ4v) is 4.14. The first-order valence-corrected chi connectivity index (χ1v) is 8.53. The molecule has 1 aliphatic heterocycles. The third kappa shape index (κ3) is 3.82. The molecule has 19 heavy (non-hydrogen) atoms. The molecule has 2 nitrogen and oxygen atoms in total. The van der Waals surface area contributed by atoms with Gasteiger partial charge < -0.3 is 4.90 Å². The van der Waals surface area contributed by atoms with E-state index in [0.717, 1.165) is 12.0 Å². The van der Waals surface area contributed by atoms with Gasteiger partial charge in [-0.05, 0) is 38.0 Å². The van der Waals surface area contributed by atoms with Crippen molar-refractivity contribution >= 4 is 0 Å².